The third-order valence-electron chi connectivity index (χ3n) is 1.27. The molecular weight excluding hydrogens is 150 g/mol. The first-order valence-electron chi connectivity index (χ1n) is 3.25. The van der Waals surface area contributed by atoms with Gasteiger partial charge in [-0.3, -0.25) is 4.79 Å². The zero-order valence-corrected chi connectivity index (χ0v) is 7.40. The molecule has 0 saturated carbocycles. The topological polar surface area (TPSA) is 37.4 Å². The summed E-state index contributed by atoms with van der Waals surface area (Å²) in [4.78, 5) is 12.5. The Morgan fingerprint density at radius 3 is 1.90 bits per heavy atom. The summed E-state index contributed by atoms with van der Waals surface area (Å²) < 4.78 is 10.6. The van der Waals surface area contributed by atoms with Gasteiger partial charge < -0.3 is 4.90 Å². The second-order valence-electron chi connectivity index (χ2n) is 1.89. The van der Waals surface area contributed by atoms with Crippen molar-refractivity contribution < 1.29 is 9.00 Å². The smallest absolute Gasteiger partial charge is 0.311 e. The largest absolute Gasteiger partial charge is 0.332 e. The summed E-state index contributed by atoms with van der Waals surface area (Å²) in [6.45, 7) is 5.01. The number of rotatable bonds is 2. The number of amides is 1. The Bertz CT molecular complexity index is 143. The van der Waals surface area contributed by atoms with Crippen LogP contribution in [-0.4, -0.2) is 33.7 Å². The highest BCUT2D eigenvalue weighted by molar-refractivity contribution is 7.99. The summed E-state index contributed by atoms with van der Waals surface area (Å²) in [6.07, 6.45) is 1.40. The Balaban J connectivity index is 4.02. The van der Waals surface area contributed by atoms with Crippen molar-refractivity contribution in [2.75, 3.05) is 19.3 Å². The Kier molecular flexibility index (Phi) is 4.27. The summed E-state index contributed by atoms with van der Waals surface area (Å²) in [5.74, 6) is 0. The lowest BCUT2D eigenvalue weighted by Gasteiger charge is -2.15. The Morgan fingerprint density at radius 1 is 1.40 bits per heavy atom. The van der Waals surface area contributed by atoms with Gasteiger partial charge in [-0.2, -0.15) is 0 Å². The van der Waals surface area contributed by atoms with Gasteiger partial charge in [0.05, 0.1) is 0 Å². The van der Waals surface area contributed by atoms with Gasteiger partial charge in [0.2, 0.25) is 0 Å². The minimum absolute atomic E-state index is 0.273. The van der Waals surface area contributed by atoms with Gasteiger partial charge in [0, 0.05) is 19.3 Å². The standard InChI is InChI=1S/C6H13NO2S/c1-4-7(5-2)6(8)10(3)9/h4-5H2,1-3H3. The fourth-order valence-corrected chi connectivity index (χ4v) is 1.29. The maximum Gasteiger partial charge on any atom is 0.311 e. The molecule has 0 aromatic carbocycles. The first-order valence-corrected chi connectivity index (χ1v) is 4.81. The molecule has 0 N–H and O–H groups in total. The normalized spacial score (nSPS) is 12.7. The van der Waals surface area contributed by atoms with Crippen LogP contribution in [0.2, 0.25) is 0 Å². The number of carbonyl (C=O) groups excluding carboxylic acids is 1. The third kappa shape index (κ3) is 2.47. The molecule has 0 aromatic heterocycles. The molecule has 3 nitrogen and oxygen atoms in total. The van der Waals surface area contributed by atoms with Gasteiger partial charge in [-0.05, 0) is 13.8 Å². The van der Waals surface area contributed by atoms with Crippen LogP contribution in [0.3, 0.4) is 0 Å². The summed E-state index contributed by atoms with van der Waals surface area (Å²) in [6, 6.07) is 0. The van der Waals surface area contributed by atoms with E-state index in [1.165, 1.54) is 6.26 Å². The van der Waals surface area contributed by atoms with E-state index in [0.717, 1.165) is 0 Å². The molecular formula is C6H13NO2S. The fourth-order valence-electron chi connectivity index (χ4n) is 0.664. The second kappa shape index (κ2) is 4.44. The minimum Gasteiger partial charge on any atom is -0.332 e. The molecule has 0 aliphatic heterocycles. The van der Waals surface area contributed by atoms with E-state index in [1.807, 2.05) is 13.8 Å². The molecule has 0 heterocycles. The van der Waals surface area contributed by atoms with Crippen molar-refractivity contribution in [3.63, 3.8) is 0 Å². The van der Waals surface area contributed by atoms with Crippen LogP contribution in [0.1, 0.15) is 13.8 Å². The van der Waals surface area contributed by atoms with E-state index >= 15 is 0 Å². The van der Waals surface area contributed by atoms with E-state index < -0.39 is 10.8 Å². The van der Waals surface area contributed by atoms with Crippen LogP contribution in [0.5, 0.6) is 0 Å². The molecule has 0 fully saturated rings. The molecule has 0 radical (unpaired) electrons. The molecule has 0 aromatic rings. The van der Waals surface area contributed by atoms with Crippen LogP contribution in [-0.2, 0) is 10.8 Å². The highest BCUT2D eigenvalue weighted by atomic mass is 32.2. The van der Waals surface area contributed by atoms with Crippen LogP contribution in [0.4, 0.5) is 4.79 Å². The fraction of sp³-hybridized carbons (Fsp3) is 0.833. The van der Waals surface area contributed by atoms with E-state index in [2.05, 4.69) is 0 Å². The summed E-state index contributed by atoms with van der Waals surface area (Å²) in [7, 11) is -1.35. The number of nitrogens with zero attached hydrogens (tertiary/aromatic N) is 1. The molecule has 0 aliphatic rings. The maximum absolute atomic E-state index is 10.9. The average Bonchev–Trinajstić information content (AvgIpc) is 1.90. The van der Waals surface area contributed by atoms with Crippen LogP contribution in [0.25, 0.3) is 0 Å². The molecule has 4 heteroatoms. The summed E-state index contributed by atoms with van der Waals surface area (Å²) in [5.41, 5.74) is 0. The number of hydrogen-bond acceptors (Lipinski definition) is 2. The Hall–Kier alpha value is -0.380. The zero-order valence-electron chi connectivity index (χ0n) is 6.59. The van der Waals surface area contributed by atoms with E-state index in [0.29, 0.717) is 13.1 Å². The molecule has 0 bridgehead atoms. The van der Waals surface area contributed by atoms with Gasteiger partial charge in [-0.25, -0.2) is 4.21 Å². The molecule has 1 amide bonds. The Morgan fingerprint density at radius 2 is 1.80 bits per heavy atom. The highest BCUT2D eigenvalue weighted by Crippen LogP contribution is 1.93. The first kappa shape index (κ1) is 9.62. The summed E-state index contributed by atoms with van der Waals surface area (Å²) >= 11 is 0. The van der Waals surface area contributed by atoms with Crippen LogP contribution >= 0.6 is 0 Å². The molecule has 1 unspecified atom stereocenters. The first-order chi connectivity index (χ1) is 4.63. The monoisotopic (exact) mass is 163 g/mol. The molecule has 1 atom stereocenters. The van der Waals surface area contributed by atoms with E-state index in [9.17, 15) is 9.00 Å². The molecule has 0 saturated heterocycles. The maximum atomic E-state index is 10.9. The minimum atomic E-state index is -1.35. The Labute approximate surface area is 63.9 Å². The van der Waals surface area contributed by atoms with Crippen molar-refractivity contribution in [2.24, 2.45) is 0 Å². The van der Waals surface area contributed by atoms with Crippen LogP contribution in [0.15, 0.2) is 0 Å². The van der Waals surface area contributed by atoms with Gasteiger partial charge >= 0.3 is 5.24 Å². The lowest BCUT2D eigenvalue weighted by molar-refractivity contribution is 0.227. The predicted molar refractivity (Wildman–Crippen MR) is 42.4 cm³/mol. The number of carbonyl (C=O) groups is 1. The van der Waals surface area contributed by atoms with Gasteiger partial charge in [-0.1, -0.05) is 0 Å². The van der Waals surface area contributed by atoms with Gasteiger partial charge in [0.1, 0.15) is 10.8 Å². The summed E-state index contributed by atoms with van der Waals surface area (Å²) in [5, 5.41) is -0.273. The van der Waals surface area contributed by atoms with Gasteiger partial charge in [-0.15, -0.1) is 0 Å². The van der Waals surface area contributed by atoms with Crippen molar-refractivity contribution in [3.8, 4) is 0 Å². The average molecular weight is 163 g/mol. The van der Waals surface area contributed by atoms with Crippen molar-refractivity contribution >= 4 is 16.0 Å². The molecule has 0 rings (SSSR count). The third-order valence-corrected chi connectivity index (χ3v) is 2.02. The van der Waals surface area contributed by atoms with Crippen molar-refractivity contribution in [1.82, 2.24) is 4.90 Å². The van der Waals surface area contributed by atoms with Crippen molar-refractivity contribution in [1.29, 1.82) is 0 Å². The zero-order chi connectivity index (χ0) is 8.15. The SMILES string of the molecule is CCN(CC)C(=O)S(C)=O. The predicted octanol–water partition coefficient (Wildman–Crippen LogP) is 0.827. The van der Waals surface area contributed by atoms with Crippen LogP contribution < -0.4 is 0 Å². The molecule has 60 valence electrons. The van der Waals surface area contributed by atoms with Crippen molar-refractivity contribution in [3.05, 3.63) is 0 Å². The quantitative estimate of drug-likeness (QED) is 0.604. The number of hydrogen-bond donors (Lipinski definition) is 0. The van der Waals surface area contributed by atoms with E-state index in [4.69, 9.17) is 0 Å². The van der Waals surface area contributed by atoms with Gasteiger partial charge in [0.15, 0.2) is 0 Å². The molecule has 10 heavy (non-hydrogen) atoms. The molecule has 0 aliphatic carbocycles. The van der Waals surface area contributed by atoms with E-state index in [-0.39, 0.29) is 5.24 Å². The van der Waals surface area contributed by atoms with Gasteiger partial charge in [0.25, 0.3) is 0 Å². The molecule has 0 spiro atoms. The lowest BCUT2D eigenvalue weighted by atomic mass is 10.6. The lowest BCUT2D eigenvalue weighted by Crippen LogP contribution is -2.31. The van der Waals surface area contributed by atoms with Crippen LogP contribution in [0, 0.1) is 0 Å². The van der Waals surface area contributed by atoms with E-state index in [1.54, 1.807) is 4.90 Å². The highest BCUT2D eigenvalue weighted by Gasteiger charge is 2.11. The van der Waals surface area contributed by atoms with Crippen molar-refractivity contribution in [2.45, 2.75) is 13.8 Å². The second-order valence-corrected chi connectivity index (χ2v) is 3.15.